The second-order valence-electron chi connectivity index (χ2n) is 6.30. The second-order valence-corrected chi connectivity index (χ2v) is 6.30. The summed E-state index contributed by atoms with van der Waals surface area (Å²) < 4.78 is 6.83. The second kappa shape index (κ2) is 8.40. The van der Waals surface area contributed by atoms with Crippen molar-refractivity contribution in [1.82, 2.24) is 14.9 Å². The number of para-hydroxylation sites is 2. The van der Waals surface area contributed by atoms with Crippen molar-refractivity contribution in [2.24, 2.45) is 0 Å². The number of carbonyl (C=O) groups is 1. The SMILES string of the molecule is COc1ccc(/C(C)=C/C(=O)NCCCn2c(=O)[nH]c3ccccc32)cc1. The fraction of sp³-hybridized carbons (Fsp3) is 0.238. The quantitative estimate of drug-likeness (QED) is 0.499. The number of H-pyrrole nitrogens is 1. The topological polar surface area (TPSA) is 76.1 Å². The fourth-order valence-electron chi connectivity index (χ4n) is 2.96. The van der Waals surface area contributed by atoms with E-state index in [1.165, 1.54) is 0 Å². The Morgan fingerprint density at radius 1 is 1.19 bits per heavy atom. The highest BCUT2D eigenvalue weighted by molar-refractivity contribution is 5.94. The number of methoxy groups -OCH3 is 1. The van der Waals surface area contributed by atoms with Crippen molar-refractivity contribution in [3.8, 4) is 5.75 Å². The van der Waals surface area contributed by atoms with Crippen molar-refractivity contribution >= 4 is 22.5 Å². The normalized spacial score (nSPS) is 11.6. The van der Waals surface area contributed by atoms with Gasteiger partial charge in [-0.05, 0) is 48.7 Å². The molecule has 3 rings (SSSR count). The molecule has 0 radical (unpaired) electrons. The van der Waals surface area contributed by atoms with Crippen LogP contribution in [0.3, 0.4) is 0 Å². The number of nitrogens with zero attached hydrogens (tertiary/aromatic N) is 1. The summed E-state index contributed by atoms with van der Waals surface area (Å²) in [6, 6.07) is 15.1. The summed E-state index contributed by atoms with van der Waals surface area (Å²) >= 11 is 0. The van der Waals surface area contributed by atoms with Gasteiger partial charge < -0.3 is 15.0 Å². The van der Waals surface area contributed by atoms with Crippen LogP contribution in [0.1, 0.15) is 18.9 Å². The average molecular weight is 365 g/mol. The molecule has 2 aromatic carbocycles. The van der Waals surface area contributed by atoms with E-state index in [0.29, 0.717) is 19.5 Å². The number of carbonyl (C=O) groups excluding carboxylic acids is 1. The fourth-order valence-corrected chi connectivity index (χ4v) is 2.96. The van der Waals surface area contributed by atoms with E-state index in [1.807, 2.05) is 55.5 Å². The van der Waals surface area contributed by atoms with Crippen LogP contribution >= 0.6 is 0 Å². The summed E-state index contributed by atoms with van der Waals surface area (Å²) in [5.74, 6) is 0.637. The molecule has 0 aliphatic heterocycles. The van der Waals surface area contributed by atoms with Gasteiger partial charge in [0.1, 0.15) is 5.75 Å². The number of allylic oxidation sites excluding steroid dienone is 1. The molecule has 0 atom stereocenters. The highest BCUT2D eigenvalue weighted by atomic mass is 16.5. The van der Waals surface area contributed by atoms with Gasteiger partial charge in [0.15, 0.2) is 0 Å². The number of benzene rings is 2. The van der Waals surface area contributed by atoms with Crippen molar-refractivity contribution in [3.05, 3.63) is 70.7 Å². The van der Waals surface area contributed by atoms with Crippen LogP contribution < -0.4 is 15.7 Å². The minimum Gasteiger partial charge on any atom is -0.497 e. The minimum atomic E-state index is -0.144. The van der Waals surface area contributed by atoms with Crippen LogP contribution in [0, 0.1) is 0 Å². The van der Waals surface area contributed by atoms with Crippen molar-refractivity contribution < 1.29 is 9.53 Å². The highest BCUT2D eigenvalue weighted by Crippen LogP contribution is 2.17. The van der Waals surface area contributed by atoms with Gasteiger partial charge in [0.05, 0.1) is 18.1 Å². The molecule has 2 N–H and O–H groups in total. The molecule has 0 spiro atoms. The molecular formula is C21H23N3O3. The zero-order chi connectivity index (χ0) is 19.2. The molecular weight excluding hydrogens is 342 g/mol. The first-order valence-electron chi connectivity index (χ1n) is 8.86. The first-order valence-corrected chi connectivity index (χ1v) is 8.86. The van der Waals surface area contributed by atoms with Crippen molar-refractivity contribution in [1.29, 1.82) is 0 Å². The molecule has 0 saturated carbocycles. The van der Waals surface area contributed by atoms with Gasteiger partial charge in [-0.1, -0.05) is 24.3 Å². The third kappa shape index (κ3) is 4.47. The van der Waals surface area contributed by atoms with Gasteiger partial charge in [-0.25, -0.2) is 4.79 Å². The number of aryl methyl sites for hydroxylation is 1. The van der Waals surface area contributed by atoms with Gasteiger partial charge in [-0.3, -0.25) is 9.36 Å². The van der Waals surface area contributed by atoms with Crippen LogP contribution in [-0.2, 0) is 11.3 Å². The molecule has 0 aliphatic rings. The lowest BCUT2D eigenvalue weighted by atomic mass is 10.1. The maximum Gasteiger partial charge on any atom is 0.326 e. The number of rotatable bonds is 7. The third-order valence-corrected chi connectivity index (χ3v) is 4.43. The predicted molar refractivity (Wildman–Crippen MR) is 107 cm³/mol. The van der Waals surface area contributed by atoms with Crippen LogP contribution in [0.5, 0.6) is 5.75 Å². The summed E-state index contributed by atoms with van der Waals surface area (Å²) in [7, 11) is 1.62. The van der Waals surface area contributed by atoms with E-state index in [4.69, 9.17) is 4.74 Å². The Morgan fingerprint density at radius 2 is 1.93 bits per heavy atom. The van der Waals surface area contributed by atoms with Gasteiger partial charge >= 0.3 is 5.69 Å². The Bertz CT molecular complexity index is 1010. The molecule has 1 heterocycles. The molecule has 140 valence electrons. The predicted octanol–water partition coefficient (Wildman–Crippen LogP) is 2.95. The number of ether oxygens (including phenoxy) is 1. The lowest BCUT2D eigenvalue weighted by molar-refractivity contribution is -0.116. The van der Waals surface area contributed by atoms with Gasteiger partial charge in [0.2, 0.25) is 5.91 Å². The Labute approximate surface area is 157 Å². The summed E-state index contributed by atoms with van der Waals surface area (Å²) in [6.07, 6.45) is 2.25. The van der Waals surface area contributed by atoms with E-state index in [2.05, 4.69) is 10.3 Å². The van der Waals surface area contributed by atoms with Crippen molar-refractivity contribution in [2.75, 3.05) is 13.7 Å². The lowest BCUT2D eigenvalue weighted by Gasteiger charge is -2.06. The third-order valence-electron chi connectivity index (χ3n) is 4.43. The summed E-state index contributed by atoms with van der Waals surface area (Å²) in [4.78, 5) is 27.0. The number of hydrogen-bond acceptors (Lipinski definition) is 3. The number of aromatic nitrogens is 2. The molecule has 6 nitrogen and oxygen atoms in total. The molecule has 0 fully saturated rings. The van der Waals surface area contributed by atoms with Crippen LogP contribution in [-0.4, -0.2) is 29.1 Å². The summed E-state index contributed by atoms with van der Waals surface area (Å²) in [6.45, 7) is 2.94. The molecule has 27 heavy (non-hydrogen) atoms. The van der Waals surface area contributed by atoms with E-state index in [1.54, 1.807) is 17.8 Å². The first-order chi connectivity index (χ1) is 13.1. The number of aromatic amines is 1. The Hall–Kier alpha value is -3.28. The van der Waals surface area contributed by atoms with Gasteiger partial charge in [-0.2, -0.15) is 0 Å². The zero-order valence-corrected chi connectivity index (χ0v) is 15.5. The molecule has 6 heteroatoms. The molecule has 0 unspecified atom stereocenters. The number of nitrogens with one attached hydrogen (secondary N) is 2. The number of fused-ring (bicyclic) bond motifs is 1. The van der Waals surface area contributed by atoms with Crippen molar-refractivity contribution in [3.63, 3.8) is 0 Å². The summed E-state index contributed by atoms with van der Waals surface area (Å²) in [5.41, 5.74) is 3.42. The largest absolute Gasteiger partial charge is 0.497 e. The van der Waals surface area contributed by atoms with Gasteiger partial charge in [0.25, 0.3) is 0 Å². The lowest BCUT2D eigenvalue weighted by Crippen LogP contribution is -2.25. The van der Waals surface area contributed by atoms with E-state index in [9.17, 15) is 9.59 Å². The molecule has 3 aromatic rings. The Balaban J connectivity index is 1.53. The number of amides is 1. The molecule has 0 bridgehead atoms. The standard InChI is InChI=1S/C21H23N3O3/c1-15(16-8-10-17(27-2)11-9-16)14-20(25)22-12-5-13-24-19-7-4-3-6-18(19)23-21(24)26/h3-4,6-11,14H,5,12-13H2,1-2H3,(H,22,25)(H,23,26)/b15-14+. The Kier molecular flexibility index (Phi) is 5.76. The van der Waals surface area contributed by atoms with E-state index < -0.39 is 0 Å². The van der Waals surface area contributed by atoms with Crippen LogP contribution in [0.4, 0.5) is 0 Å². The average Bonchev–Trinajstić information content (AvgIpc) is 3.00. The van der Waals surface area contributed by atoms with E-state index in [-0.39, 0.29) is 11.6 Å². The molecule has 0 saturated heterocycles. The van der Waals surface area contributed by atoms with E-state index in [0.717, 1.165) is 27.9 Å². The number of imidazole rings is 1. The monoisotopic (exact) mass is 365 g/mol. The maximum absolute atomic E-state index is 12.1. The number of hydrogen-bond donors (Lipinski definition) is 2. The maximum atomic E-state index is 12.1. The van der Waals surface area contributed by atoms with Gasteiger partial charge in [-0.15, -0.1) is 0 Å². The smallest absolute Gasteiger partial charge is 0.326 e. The highest BCUT2D eigenvalue weighted by Gasteiger charge is 2.06. The molecule has 0 aliphatic carbocycles. The molecule has 1 amide bonds. The van der Waals surface area contributed by atoms with Crippen LogP contribution in [0.2, 0.25) is 0 Å². The minimum absolute atomic E-state index is 0.127. The van der Waals surface area contributed by atoms with Gasteiger partial charge in [0, 0.05) is 19.2 Å². The van der Waals surface area contributed by atoms with Crippen molar-refractivity contribution in [2.45, 2.75) is 19.9 Å². The summed E-state index contributed by atoms with van der Waals surface area (Å²) in [5, 5.41) is 2.87. The molecule has 1 aromatic heterocycles. The van der Waals surface area contributed by atoms with Crippen LogP contribution in [0.15, 0.2) is 59.4 Å². The van der Waals surface area contributed by atoms with Crippen LogP contribution in [0.25, 0.3) is 16.6 Å². The zero-order valence-electron chi connectivity index (χ0n) is 15.5. The Morgan fingerprint density at radius 3 is 2.67 bits per heavy atom. The van der Waals surface area contributed by atoms with E-state index >= 15 is 0 Å². The first kappa shape index (κ1) is 18.5.